The molecular formula is C18H21NO2. The van der Waals surface area contributed by atoms with Crippen LogP contribution in [0.25, 0.3) is 0 Å². The van der Waals surface area contributed by atoms with E-state index in [-0.39, 0.29) is 0 Å². The fourth-order valence-electron chi connectivity index (χ4n) is 2.15. The predicted molar refractivity (Wildman–Crippen MR) is 86.5 cm³/mol. The van der Waals surface area contributed by atoms with E-state index in [0.29, 0.717) is 13.2 Å². The number of aliphatic hydroxyl groups is 1. The first-order chi connectivity index (χ1) is 10.2. The summed E-state index contributed by atoms with van der Waals surface area (Å²) in [5.74, 6) is 0.847. The molecule has 1 unspecified atom stereocenters. The molecule has 0 spiro atoms. The number of hydrogen-bond donors (Lipinski definition) is 2. The van der Waals surface area contributed by atoms with Crippen LogP contribution < -0.4 is 10.1 Å². The summed E-state index contributed by atoms with van der Waals surface area (Å²) in [5.41, 5.74) is 2.90. The Balaban J connectivity index is 2.11. The van der Waals surface area contributed by atoms with E-state index < -0.39 is 6.10 Å². The zero-order valence-electron chi connectivity index (χ0n) is 12.3. The molecule has 0 bridgehead atoms. The quantitative estimate of drug-likeness (QED) is 0.757. The molecule has 1 atom stereocenters. The zero-order valence-corrected chi connectivity index (χ0v) is 12.3. The van der Waals surface area contributed by atoms with E-state index in [0.717, 1.165) is 22.6 Å². The van der Waals surface area contributed by atoms with Gasteiger partial charge in [0.1, 0.15) is 12.4 Å². The van der Waals surface area contributed by atoms with Gasteiger partial charge >= 0.3 is 0 Å². The molecular weight excluding hydrogens is 262 g/mol. The average molecular weight is 283 g/mol. The molecule has 2 aromatic rings. The number of ether oxygens (including phenoxy) is 1. The highest BCUT2D eigenvalue weighted by Gasteiger charge is 2.08. The molecule has 0 amide bonds. The van der Waals surface area contributed by atoms with Crippen molar-refractivity contribution in [2.45, 2.75) is 19.6 Å². The molecule has 2 rings (SSSR count). The van der Waals surface area contributed by atoms with Gasteiger partial charge in [0, 0.05) is 23.4 Å². The van der Waals surface area contributed by atoms with Crippen LogP contribution in [0.5, 0.6) is 5.75 Å². The fourth-order valence-corrected chi connectivity index (χ4v) is 2.15. The van der Waals surface area contributed by atoms with Gasteiger partial charge < -0.3 is 15.2 Å². The van der Waals surface area contributed by atoms with E-state index in [1.165, 1.54) is 0 Å². The van der Waals surface area contributed by atoms with Crippen LogP contribution in [-0.2, 0) is 6.54 Å². The second-order valence-corrected chi connectivity index (χ2v) is 4.82. The van der Waals surface area contributed by atoms with E-state index in [1.54, 1.807) is 13.0 Å². The van der Waals surface area contributed by atoms with Crippen molar-refractivity contribution >= 4 is 5.69 Å². The number of anilines is 1. The van der Waals surface area contributed by atoms with Crippen molar-refractivity contribution in [3.05, 3.63) is 72.3 Å². The number of rotatable bonds is 7. The Morgan fingerprint density at radius 1 is 1.19 bits per heavy atom. The van der Waals surface area contributed by atoms with Crippen LogP contribution in [0.15, 0.2) is 61.2 Å². The normalized spacial score (nSPS) is 11.7. The highest BCUT2D eigenvalue weighted by molar-refractivity contribution is 5.53. The lowest BCUT2D eigenvalue weighted by atomic mass is 10.1. The van der Waals surface area contributed by atoms with Crippen molar-refractivity contribution in [3.8, 4) is 5.75 Å². The fraction of sp³-hybridized carbons (Fsp3) is 0.222. The summed E-state index contributed by atoms with van der Waals surface area (Å²) in [7, 11) is 0. The van der Waals surface area contributed by atoms with Gasteiger partial charge in [-0.25, -0.2) is 0 Å². The van der Waals surface area contributed by atoms with Crippen LogP contribution in [0.1, 0.15) is 24.2 Å². The Kier molecular flexibility index (Phi) is 5.41. The zero-order chi connectivity index (χ0) is 15.1. The minimum absolute atomic E-state index is 0.487. The summed E-state index contributed by atoms with van der Waals surface area (Å²) in [6.07, 6.45) is 1.23. The Labute approximate surface area is 125 Å². The number of aliphatic hydroxyl groups excluding tert-OH is 1. The molecule has 21 heavy (non-hydrogen) atoms. The van der Waals surface area contributed by atoms with Crippen molar-refractivity contribution in [3.63, 3.8) is 0 Å². The maximum atomic E-state index is 9.80. The maximum absolute atomic E-state index is 9.80. The Hall–Kier alpha value is -2.26. The van der Waals surface area contributed by atoms with E-state index in [1.807, 2.05) is 48.5 Å². The van der Waals surface area contributed by atoms with Gasteiger partial charge in [-0.15, -0.1) is 0 Å². The molecule has 0 saturated carbocycles. The van der Waals surface area contributed by atoms with E-state index in [2.05, 4.69) is 11.9 Å². The van der Waals surface area contributed by atoms with E-state index >= 15 is 0 Å². The Morgan fingerprint density at radius 3 is 2.67 bits per heavy atom. The molecule has 0 heterocycles. The summed E-state index contributed by atoms with van der Waals surface area (Å²) in [5, 5.41) is 13.2. The molecule has 2 aromatic carbocycles. The van der Waals surface area contributed by atoms with Gasteiger partial charge in [0.25, 0.3) is 0 Å². The van der Waals surface area contributed by atoms with Gasteiger partial charge in [-0.1, -0.05) is 49.1 Å². The summed E-state index contributed by atoms with van der Waals surface area (Å²) in [6, 6.07) is 15.7. The predicted octanol–water partition coefficient (Wildman–Crippen LogP) is 3.92. The van der Waals surface area contributed by atoms with Gasteiger partial charge in [0.2, 0.25) is 0 Å². The maximum Gasteiger partial charge on any atom is 0.124 e. The lowest BCUT2D eigenvalue weighted by Gasteiger charge is -2.15. The van der Waals surface area contributed by atoms with Crippen molar-refractivity contribution in [2.75, 3.05) is 11.9 Å². The molecule has 3 nitrogen and oxygen atoms in total. The molecule has 0 aliphatic rings. The van der Waals surface area contributed by atoms with Crippen LogP contribution in [0, 0.1) is 0 Å². The monoisotopic (exact) mass is 283 g/mol. The first kappa shape index (κ1) is 15.1. The molecule has 0 aromatic heterocycles. The van der Waals surface area contributed by atoms with Gasteiger partial charge in [-0.05, 0) is 19.1 Å². The SMILES string of the molecule is C=CCOc1ccccc1CNc1ccccc1C(C)O. The summed E-state index contributed by atoms with van der Waals surface area (Å²) in [4.78, 5) is 0. The third-order valence-electron chi connectivity index (χ3n) is 3.21. The Bertz CT molecular complexity index is 593. The molecule has 3 heteroatoms. The van der Waals surface area contributed by atoms with E-state index in [9.17, 15) is 5.11 Å². The number of benzene rings is 2. The van der Waals surface area contributed by atoms with Crippen LogP contribution >= 0.6 is 0 Å². The van der Waals surface area contributed by atoms with Gasteiger partial charge in [0.15, 0.2) is 0 Å². The average Bonchev–Trinajstić information content (AvgIpc) is 2.52. The number of hydrogen-bond acceptors (Lipinski definition) is 3. The van der Waals surface area contributed by atoms with E-state index in [4.69, 9.17) is 4.74 Å². The second-order valence-electron chi connectivity index (χ2n) is 4.82. The standard InChI is InChI=1S/C18H21NO2/c1-3-12-21-18-11-7-4-8-15(18)13-19-17-10-6-5-9-16(17)14(2)20/h3-11,14,19-20H,1,12-13H2,2H3. The first-order valence-electron chi connectivity index (χ1n) is 7.05. The van der Waals surface area contributed by atoms with Crippen LogP contribution in [-0.4, -0.2) is 11.7 Å². The lowest BCUT2D eigenvalue weighted by molar-refractivity contribution is 0.200. The van der Waals surface area contributed by atoms with Crippen LogP contribution in [0.2, 0.25) is 0 Å². The molecule has 0 aliphatic carbocycles. The molecule has 110 valence electrons. The molecule has 0 saturated heterocycles. The molecule has 0 fully saturated rings. The van der Waals surface area contributed by atoms with Gasteiger partial charge in [-0.2, -0.15) is 0 Å². The van der Waals surface area contributed by atoms with Crippen molar-refractivity contribution < 1.29 is 9.84 Å². The van der Waals surface area contributed by atoms with Crippen molar-refractivity contribution in [1.82, 2.24) is 0 Å². The van der Waals surface area contributed by atoms with Crippen molar-refractivity contribution in [1.29, 1.82) is 0 Å². The summed E-state index contributed by atoms with van der Waals surface area (Å²) in [6.45, 7) is 6.55. The summed E-state index contributed by atoms with van der Waals surface area (Å²) >= 11 is 0. The van der Waals surface area contributed by atoms with Crippen molar-refractivity contribution in [2.24, 2.45) is 0 Å². The largest absolute Gasteiger partial charge is 0.489 e. The minimum Gasteiger partial charge on any atom is -0.489 e. The summed E-state index contributed by atoms with van der Waals surface area (Å²) < 4.78 is 5.64. The third kappa shape index (κ3) is 4.10. The lowest BCUT2D eigenvalue weighted by Crippen LogP contribution is -2.06. The third-order valence-corrected chi connectivity index (χ3v) is 3.21. The van der Waals surface area contributed by atoms with Gasteiger partial charge in [0.05, 0.1) is 6.10 Å². The topological polar surface area (TPSA) is 41.5 Å². The Morgan fingerprint density at radius 2 is 1.90 bits per heavy atom. The smallest absolute Gasteiger partial charge is 0.124 e. The number of nitrogens with one attached hydrogen (secondary N) is 1. The van der Waals surface area contributed by atoms with Crippen LogP contribution in [0.4, 0.5) is 5.69 Å². The van der Waals surface area contributed by atoms with Crippen LogP contribution in [0.3, 0.4) is 0 Å². The number of para-hydroxylation sites is 2. The minimum atomic E-state index is -0.499. The first-order valence-corrected chi connectivity index (χ1v) is 7.05. The van der Waals surface area contributed by atoms with Gasteiger partial charge in [-0.3, -0.25) is 0 Å². The molecule has 0 radical (unpaired) electrons. The molecule has 2 N–H and O–H groups in total. The highest BCUT2D eigenvalue weighted by atomic mass is 16.5. The highest BCUT2D eigenvalue weighted by Crippen LogP contribution is 2.24. The second kappa shape index (κ2) is 7.50. The molecule has 0 aliphatic heterocycles.